The van der Waals surface area contributed by atoms with Gasteiger partial charge in [0.15, 0.2) is 0 Å². The average Bonchev–Trinajstić information content (AvgIpc) is 2.65. The van der Waals surface area contributed by atoms with E-state index >= 15 is 0 Å². The van der Waals surface area contributed by atoms with Crippen molar-refractivity contribution in [3.8, 4) is 0 Å². The Balaban J connectivity index is 1.74. The van der Waals surface area contributed by atoms with E-state index in [1.807, 2.05) is 12.1 Å². The van der Waals surface area contributed by atoms with E-state index in [9.17, 15) is 8.42 Å². The Kier molecular flexibility index (Phi) is 5.69. The summed E-state index contributed by atoms with van der Waals surface area (Å²) in [6.45, 7) is 5.34. The lowest BCUT2D eigenvalue weighted by Gasteiger charge is -2.11. The van der Waals surface area contributed by atoms with Crippen LogP contribution in [-0.4, -0.2) is 34.5 Å². The van der Waals surface area contributed by atoms with Gasteiger partial charge in [-0.1, -0.05) is 6.07 Å². The summed E-state index contributed by atoms with van der Waals surface area (Å²) in [5.41, 5.74) is 8.50. The molecular formula is C18H20N8O2S. The van der Waals surface area contributed by atoms with Crippen LogP contribution in [-0.2, 0) is 10.0 Å². The summed E-state index contributed by atoms with van der Waals surface area (Å²) in [5, 5.41) is 10.4. The van der Waals surface area contributed by atoms with Gasteiger partial charge in [-0.3, -0.25) is 4.72 Å². The normalized spacial score (nSPS) is 11.9. The van der Waals surface area contributed by atoms with Crippen LogP contribution < -0.4 is 15.8 Å². The summed E-state index contributed by atoms with van der Waals surface area (Å²) in [7, 11) is -3.78. The number of benzene rings is 1. The third-order valence-electron chi connectivity index (χ3n) is 3.79. The Labute approximate surface area is 168 Å². The van der Waals surface area contributed by atoms with Crippen molar-refractivity contribution in [2.75, 3.05) is 10.0 Å². The van der Waals surface area contributed by atoms with Crippen LogP contribution >= 0.6 is 0 Å². The van der Waals surface area contributed by atoms with E-state index in [-0.39, 0.29) is 16.8 Å². The molecule has 29 heavy (non-hydrogen) atoms. The fraction of sp³-hybridized carbons (Fsp3) is 0.167. The highest BCUT2D eigenvalue weighted by Gasteiger charge is 2.16. The molecule has 0 radical (unpaired) electrons. The molecule has 0 aliphatic rings. The number of hydrogen-bond acceptors (Lipinski definition) is 7. The van der Waals surface area contributed by atoms with Crippen LogP contribution in [0.4, 0.5) is 17.5 Å². The Morgan fingerprint density at radius 2 is 1.72 bits per heavy atom. The number of anilines is 2. The predicted octanol–water partition coefficient (Wildman–Crippen LogP) is 2.05. The molecule has 0 fully saturated rings. The molecule has 3 aromatic rings. The quantitative estimate of drug-likeness (QED) is 0.426. The zero-order chi connectivity index (χ0) is 21.0. The van der Waals surface area contributed by atoms with Crippen molar-refractivity contribution in [2.45, 2.75) is 25.7 Å². The van der Waals surface area contributed by atoms with Crippen molar-refractivity contribution in [1.29, 1.82) is 0 Å². The van der Waals surface area contributed by atoms with Gasteiger partial charge in [-0.25, -0.2) is 18.4 Å². The summed E-state index contributed by atoms with van der Waals surface area (Å²) in [5.74, 6) is 0.473. The van der Waals surface area contributed by atoms with E-state index in [2.05, 4.69) is 35.2 Å². The molecule has 3 rings (SSSR count). The highest BCUT2D eigenvalue weighted by molar-refractivity contribution is 7.92. The zero-order valence-corrected chi connectivity index (χ0v) is 16.9. The molecule has 11 heteroatoms. The van der Waals surface area contributed by atoms with Gasteiger partial charge in [-0.2, -0.15) is 10.1 Å². The van der Waals surface area contributed by atoms with Crippen LogP contribution in [0, 0.1) is 20.8 Å². The lowest BCUT2D eigenvalue weighted by Crippen LogP contribution is -2.22. The standard InChI is InChI=1S/C18H20N8O2S/c1-11-4-5-12(2)21-16(11)26-29(27,28)15-8-6-14(7-9-15)23-17(19)24-18-22-13(3)10-20-25-18/h4-10H,1-3H3,(H,21,26)(H3,19,22,23,24,25). The number of nitrogens with zero attached hydrogens (tertiary/aromatic N) is 5. The van der Waals surface area contributed by atoms with Gasteiger partial charge in [0.2, 0.25) is 5.96 Å². The molecule has 0 atom stereocenters. The minimum absolute atomic E-state index is 0.0470. The summed E-state index contributed by atoms with van der Waals surface area (Å²) < 4.78 is 27.8. The van der Waals surface area contributed by atoms with Crippen LogP contribution in [0.3, 0.4) is 0 Å². The van der Waals surface area contributed by atoms with Crippen LogP contribution in [0.2, 0.25) is 0 Å². The number of sulfonamides is 1. The molecule has 4 N–H and O–H groups in total. The molecule has 150 valence electrons. The van der Waals surface area contributed by atoms with Gasteiger partial charge in [-0.15, -0.1) is 5.10 Å². The molecule has 0 saturated carbocycles. The van der Waals surface area contributed by atoms with Crippen LogP contribution in [0.25, 0.3) is 0 Å². The van der Waals surface area contributed by atoms with E-state index in [1.54, 1.807) is 32.9 Å². The summed E-state index contributed by atoms with van der Waals surface area (Å²) in [6, 6.07) is 9.67. The molecule has 0 amide bonds. The predicted molar refractivity (Wildman–Crippen MR) is 110 cm³/mol. The highest BCUT2D eigenvalue weighted by atomic mass is 32.2. The van der Waals surface area contributed by atoms with Crippen molar-refractivity contribution in [2.24, 2.45) is 10.7 Å². The molecule has 0 bridgehead atoms. The molecule has 0 spiro atoms. The van der Waals surface area contributed by atoms with E-state index in [0.717, 1.165) is 11.3 Å². The van der Waals surface area contributed by atoms with Crippen molar-refractivity contribution in [3.63, 3.8) is 0 Å². The second-order valence-corrected chi connectivity index (χ2v) is 7.95. The summed E-state index contributed by atoms with van der Waals surface area (Å²) in [4.78, 5) is 12.4. The second-order valence-electron chi connectivity index (χ2n) is 6.27. The van der Waals surface area contributed by atoms with Crippen LogP contribution in [0.5, 0.6) is 0 Å². The first-order chi connectivity index (χ1) is 13.7. The topological polar surface area (TPSA) is 148 Å². The monoisotopic (exact) mass is 412 g/mol. The lowest BCUT2D eigenvalue weighted by molar-refractivity contribution is 0.601. The number of rotatable bonds is 5. The number of guanidine groups is 1. The fourth-order valence-electron chi connectivity index (χ4n) is 2.34. The van der Waals surface area contributed by atoms with Crippen molar-refractivity contribution >= 4 is 33.4 Å². The molecule has 2 heterocycles. The van der Waals surface area contributed by atoms with Crippen molar-refractivity contribution in [3.05, 3.63) is 59.5 Å². The van der Waals surface area contributed by atoms with Crippen molar-refractivity contribution in [1.82, 2.24) is 20.2 Å². The lowest BCUT2D eigenvalue weighted by atomic mass is 10.2. The third-order valence-corrected chi connectivity index (χ3v) is 5.15. The molecule has 1 aromatic carbocycles. The maximum atomic E-state index is 12.6. The number of pyridine rings is 1. The largest absolute Gasteiger partial charge is 0.369 e. The molecule has 0 unspecified atom stereocenters. The van der Waals surface area contributed by atoms with E-state index < -0.39 is 10.0 Å². The molecule has 2 aromatic heterocycles. The Morgan fingerprint density at radius 1 is 1.00 bits per heavy atom. The van der Waals surface area contributed by atoms with Gasteiger partial charge in [-0.05, 0) is 56.7 Å². The first-order valence-corrected chi connectivity index (χ1v) is 10.1. The SMILES string of the molecule is Cc1cnnc(N=C(N)Nc2ccc(S(=O)(=O)Nc3nc(C)ccc3C)cc2)n1. The molecule has 10 nitrogen and oxygen atoms in total. The number of aliphatic imine (C=N–C) groups is 1. The van der Waals surface area contributed by atoms with E-state index in [4.69, 9.17) is 5.73 Å². The number of aromatic nitrogens is 4. The van der Waals surface area contributed by atoms with Gasteiger partial charge in [0.25, 0.3) is 16.0 Å². The Hall–Kier alpha value is -3.60. The van der Waals surface area contributed by atoms with Crippen molar-refractivity contribution < 1.29 is 8.42 Å². The smallest absolute Gasteiger partial charge is 0.272 e. The van der Waals surface area contributed by atoms with Gasteiger partial charge in [0.05, 0.1) is 16.8 Å². The van der Waals surface area contributed by atoms with Gasteiger partial charge in [0, 0.05) is 11.4 Å². The zero-order valence-electron chi connectivity index (χ0n) is 16.1. The van der Waals surface area contributed by atoms with E-state index in [0.29, 0.717) is 17.2 Å². The number of aryl methyl sites for hydroxylation is 3. The average molecular weight is 412 g/mol. The highest BCUT2D eigenvalue weighted by Crippen LogP contribution is 2.19. The summed E-state index contributed by atoms with van der Waals surface area (Å²) in [6.07, 6.45) is 1.50. The maximum absolute atomic E-state index is 12.6. The maximum Gasteiger partial charge on any atom is 0.272 e. The second kappa shape index (κ2) is 8.19. The third kappa shape index (κ3) is 5.23. The first-order valence-electron chi connectivity index (χ1n) is 8.57. The molecule has 0 saturated heterocycles. The molecule has 0 aliphatic carbocycles. The van der Waals surface area contributed by atoms with Gasteiger partial charge >= 0.3 is 0 Å². The van der Waals surface area contributed by atoms with Crippen LogP contribution in [0.15, 0.2) is 52.5 Å². The molecule has 0 aliphatic heterocycles. The number of nitrogens with two attached hydrogens (primary N) is 1. The van der Waals surface area contributed by atoms with E-state index in [1.165, 1.54) is 18.3 Å². The number of hydrogen-bond donors (Lipinski definition) is 3. The number of nitrogens with one attached hydrogen (secondary N) is 2. The fourth-order valence-corrected chi connectivity index (χ4v) is 3.41. The minimum atomic E-state index is -3.78. The van der Waals surface area contributed by atoms with Gasteiger partial charge < -0.3 is 11.1 Å². The van der Waals surface area contributed by atoms with Gasteiger partial charge in [0.1, 0.15) is 5.82 Å². The van der Waals surface area contributed by atoms with Crippen LogP contribution in [0.1, 0.15) is 17.0 Å². The first kappa shape index (κ1) is 20.1. The molecular weight excluding hydrogens is 392 g/mol. The Bertz CT molecular complexity index is 1160. The summed E-state index contributed by atoms with van der Waals surface area (Å²) >= 11 is 0. The Morgan fingerprint density at radius 3 is 2.41 bits per heavy atom. The minimum Gasteiger partial charge on any atom is -0.369 e.